The van der Waals surface area contributed by atoms with Gasteiger partial charge in [0.05, 0.1) is 24.3 Å². The second kappa shape index (κ2) is 9.32. The molecule has 0 radical (unpaired) electrons. The first-order chi connectivity index (χ1) is 14.2. The maximum atomic E-state index is 11.1. The average molecular weight is 482 g/mol. The molecule has 164 valence electrons. The molecule has 1 aromatic rings. The van der Waals surface area contributed by atoms with Crippen molar-refractivity contribution in [2.24, 2.45) is 9.98 Å². The van der Waals surface area contributed by atoms with Gasteiger partial charge in [0, 0.05) is 12.1 Å². The van der Waals surface area contributed by atoms with Crippen LogP contribution in [0.5, 0.6) is 5.75 Å². The van der Waals surface area contributed by atoms with Crippen molar-refractivity contribution in [3.8, 4) is 5.75 Å². The third kappa shape index (κ3) is 6.17. The number of unbranched alkanes of at least 4 members (excludes halogenated alkanes) is 1. The molecule has 0 bridgehead atoms. The summed E-state index contributed by atoms with van der Waals surface area (Å²) in [6.07, 6.45) is 1.47. The van der Waals surface area contributed by atoms with E-state index in [1.807, 2.05) is 39.8 Å². The van der Waals surface area contributed by atoms with Crippen LogP contribution in [0, 0.1) is 0 Å². The number of alkyl halides is 1. The van der Waals surface area contributed by atoms with Crippen LogP contribution in [0.3, 0.4) is 0 Å². The summed E-state index contributed by atoms with van der Waals surface area (Å²) in [5, 5.41) is 0.206. The predicted molar refractivity (Wildman–Crippen MR) is 117 cm³/mol. The number of rotatable bonds is 9. The zero-order chi connectivity index (χ0) is 21.8. The summed E-state index contributed by atoms with van der Waals surface area (Å²) in [5.41, 5.74) is 0.610. The maximum absolute atomic E-state index is 11.1. The lowest BCUT2D eigenvalue weighted by Crippen LogP contribution is -2.17. The van der Waals surface area contributed by atoms with Crippen molar-refractivity contribution >= 4 is 33.7 Å². The lowest BCUT2D eigenvalue weighted by Gasteiger charge is -2.11. The van der Waals surface area contributed by atoms with Gasteiger partial charge in [-0.2, -0.15) is 0 Å². The third-order valence-corrected chi connectivity index (χ3v) is 4.81. The van der Waals surface area contributed by atoms with Gasteiger partial charge in [0.25, 0.3) is 0 Å². The van der Waals surface area contributed by atoms with Crippen LogP contribution in [0.2, 0.25) is 0 Å². The van der Waals surface area contributed by atoms with Gasteiger partial charge in [-0.3, -0.25) is 4.79 Å². The number of hydrogen-bond acceptors (Lipinski definition) is 8. The largest absolute Gasteiger partial charge is 0.493 e. The topological polar surface area (TPSA) is 91.6 Å². The fraction of sp³-hybridized carbons (Fsp3) is 0.619. The molecule has 3 rings (SSSR count). The van der Waals surface area contributed by atoms with Crippen LogP contribution in [0.4, 0.5) is 0 Å². The molecule has 9 heteroatoms. The van der Waals surface area contributed by atoms with Gasteiger partial charge in [-0.15, -0.1) is 0 Å². The fourth-order valence-corrected chi connectivity index (χ4v) is 3.02. The highest BCUT2D eigenvalue weighted by atomic mass is 79.9. The number of carbonyl (C=O) groups excluding carboxylic acids is 1. The summed E-state index contributed by atoms with van der Waals surface area (Å²) < 4.78 is 22.5. The van der Waals surface area contributed by atoms with Gasteiger partial charge in [0.15, 0.2) is 0 Å². The van der Waals surface area contributed by atoms with Crippen molar-refractivity contribution < 1.29 is 23.7 Å². The SMILES string of the molecule is CC1(C)COC(c2cc(OCCCCOC(=O)CBr)cc(C3=NC(C)(C)CO3)n2)=N1. The number of halogens is 1. The van der Waals surface area contributed by atoms with Gasteiger partial charge in [0.1, 0.15) is 35.7 Å². The summed E-state index contributed by atoms with van der Waals surface area (Å²) in [7, 11) is 0. The van der Waals surface area contributed by atoms with Crippen LogP contribution in [0.1, 0.15) is 51.9 Å². The quantitative estimate of drug-likeness (QED) is 0.305. The minimum Gasteiger partial charge on any atom is -0.493 e. The molecule has 0 saturated carbocycles. The number of esters is 1. The van der Waals surface area contributed by atoms with Crippen molar-refractivity contribution in [3.63, 3.8) is 0 Å². The predicted octanol–water partition coefficient (Wildman–Crippen LogP) is 3.29. The van der Waals surface area contributed by atoms with E-state index in [-0.39, 0.29) is 22.4 Å². The molecule has 0 unspecified atom stereocenters. The molecule has 0 aromatic carbocycles. The van der Waals surface area contributed by atoms with Gasteiger partial charge >= 0.3 is 5.97 Å². The Kier molecular flexibility index (Phi) is 7.00. The smallest absolute Gasteiger partial charge is 0.316 e. The van der Waals surface area contributed by atoms with E-state index in [4.69, 9.17) is 18.9 Å². The van der Waals surface area contributed by atoms with Crippen LogP contribution in [-0.4, -0.2) is 65.6 Å². The third-order valence-electron chi connectivity index (χ3n) is 4.35. The Bertz CT molecular complexity index is 799. The first-order valence-corrected chi connectivity index (χ1v) is 11.1. The van der Waals surface area contributed by atoms with Crippen LogP contribution in [-0.2, 0) is 19.0 Å². The molecule has 0 saturated heterocycles. The molecule has 0 spiro atoms. The maximum Gasteiger partial charge on any atom is 0.316 e. The Hall–Kier alpha value is -2.16. The van der Waals surface area contributed by atoms with E-state index in [0.29, 0.717) is 55.4 Å². The molecule has 0 aliphatic carbocycles. The molecule has 3 heterocycles. The average Bonchev–Trinajstić information content (AvgIpc) is 3.25. The Balaban J connectivity index is 1.71. The number of aromatic nitrogens is 1. The molecular formula is C21H28BrN3O5. The first kappa shape index (κ1) is 22.5. The highest BCUT2D eigenvalue weighted by Crippen LogP contribution is 2.25. The van der Waals surface area contributed by atoms with E-state index in [1.54, 1.807) is 0 Å². The highest BCUT2D eigenvalue weighted by Gasteiger charge is 2.31. The normalized spacial score (nSPS) is 18.8. The molecule has 0 atom stereocenters. The minimum absolute atomic E-state index is 0.206. The summed E-state index contributed by atoms with van der Waals surface area (Å²) in [6.45, 7) is 9.90. The molecular weight excluding hydrogens is 454 g/mol. The van der Waals surface area contributed by atoms with Gasteiger partial charge in [-0.05, 0) is 40.5 Å². The highest BCUT2D eigenvalue weighted by molar-refractivity contribution is 9.09. The number of carbonyl (C=O) groups is 1. The van der Waals surface area contributed by atoms with E-state index in [9.17, 15) is 4.79 Å². The Labute approximate surface area is 185 Å². The van der Waals surface area contributed by atoms with E-state index < -0.39 is 0 Å². The molecule has 2 aliphatic heterocycles. The standard InChI is InChI=1S/C21H28BrN3O5/c1-20(2)12-29-18(24-20)15-9-14(27-7-5-6-8-28-17(26)11-22)10-16(23-15)19-25-21(3,4)13-30-19/h9-10H,5-8,11-13H2,1-4H3. The van der Waals surface area contributed by atoms with Crippen molar-refractivity contribution in [1.82, 2.24) is 4.98 Å². The van der Waals surface area contributed by atoms with Gasteiger partial charge in [-0.25, -0.2) is 15.0 Å². The molecule has 8 nitrogen and oxygen atoms in total. The van der Waals surface area contributed by atoms with Crippen molar-refractivity contribution in [2.45, 2.75) is 51.6 Å². The zero-order valence-corrected chi connectivity index (χ0v) is 19.5. The van der Waals surface area contributed by atoms with Crippen LogP contribution < -0.4 is 4.74 Å². The number of ether oxygens (including phenoxy) is 4. The number of nitrogens with zero attached hydrogens (tertiary/aromatic N) is 3. The number of pyridine rings is 1. The van der Waals surface area contributed by atoms with E-state index in [1.165, 1.54) is 0 Å². The van der Waals surface area contributed by atoms with E-state index in [2.05, 4.69) is 30.9 Å². The van der Waals surface area contributed by atoms with Crippen molar-refractivity contribution in [1.29, 1.82) is 0 Å². The number of hydrogen-bond donors (Lipinski definition) is 0. The number of aliphatic imine (C=N–C) groups is 2. The van der Waals surface area contributed by atoms with Gasteiger partial charge < -0.3 is 18.9 Å². The van der Waals surface area contributed by atoms with Crippen LogP contribution in [0.15, 0.2) is 22.1 Å². The Morgan fingerprint density at radius 1 is 1.00 bits per heavy atom. The Morgan fingerprint density at radius 2 is 1.53 bits per heavy atom. The fourth-order valence-electron chi connectivity index (χ4n) is 2.86. The molecule has 30 heavy (non-hydrogen) atoms. The second-order valence-corrected chi connectivity index (χ2v) is 9.08. The zero-order valence-electron chi connectivity index (χ0n) is 17.9. The Morgan fingerprint density at radius 3 is 2.00 bits per heavy atom. The van der Waals surface area contributed by atoms with Crippen LogP contribution in [0.25, 0.3) is 0 Å². The van der Waals surface area contributed by atoms with Crippen molar-refractivity contribution in [2.75, 3.05) is 31.8 Å². The summed E-state index contributed by atoms with van der Waals surface area (Å²) >= 11 is 3.07. The van der Waals surface area contributed by atoms with E-state index >= 15 is 0 Å². The molecule has 0 N–H and O–H groups in total. The second-order valence-electron chi connectivity index (χ2n) is 8.52. The molecule has 1 aromatic heterocycles. The van der Waals surface area contributed by atoms with Crippen LogP contribution >= 0.6 is 15.9 Å². The molecule has 0 amide bonds. The molecule has 2 aliphatic rings. The summed E-state index contributed by atoms with van der Waals surface area (Å²) in [6, 6.07) is 3.63. The molecule has 0 fully saturated rings. The summed E-state index contributed by atoms with van der Waals surface area (Å²) in [4.78, 5) is 25.0. The lowest BCUT2D eigenvalue weighted by molar-refractivity contribution is -0.140. The van der Waals surface area contributed by atoms with Crippen molar-refractivity contribution in [3.05, 3.63) is 23.5 Å². The lowest BCUT2D eigenvalue weighted by atomic mass is 10.1. The van der Waals surface area contributed by atoms with Gasteiger partial charge in [0.2, 0.25) is 11.8 Å². The first-order valence-electron chi connectivity index (χ1n) is 10.00. The van der Waals surface area contributed by atoms with Gasteiger partial charge in [-0.1, -0.05) is 15.9 Å². The monoisotopic (exact) mass is 481 g/mol. The summed E-state index contributed by atoms with van der Waals surface area (Å²) in [5.74, 6) is 1.36. The van der Waals surface area contributed by atoms with E-state index in [0.717, 1.165) is 12.8 Å². The minimum atomic E-state index is -0.288.